The van der Waals surface area contributed by atoms with Crippen LogP contribution >= 0.6 is 27.3 Å². The van der Waals surface area contributed by atoms with E-state index in [-0.39, 0.29) is 5.92 Å². The lowest BCUT2D eigenvalue weighted by Gasteiger charge is -2.12. The standard InChI is InChI=1S/C13H19BrOS/c1-3-5-6-10(4-2)12(15)9-11-7-8-13(14)16-11/h7-8,10H,3-6,9H2,1-2H3. The molecule has 0 spiro atoms. The van der Waals surface area contributed by atoms with Gasteiger partial charge in [0.05, 0.1) is 3.79 Å². The Morgan fingerprint density at radius 2 is 2.19 bits per heavy atom. The third-order valence-corrected chi connectivity index (χ3v) is 4.46. The molecule has 0 bridgehead atoms. The first-order chi connectivity index (χ1) is 7.67. The summed E-state index contributed by atoms with van der Waals surface area (Å²) in [6.45, 7) is 4.29. The van der Waals surface area contributed by atoms with E-state index in [1.54, 1.807) is 11.3 Å². The van der Waals surface area contributed by atoms with Gasteiger partial charge in [0.15, 0.2) is 0 Å². The van der Waals surface area contributed by atoms with Gasteiger partial charge in [-0.3, -0.25) is 4.79 Å². The first-order valence-corrected chi connectivity index (χ1v) is 7.55. The van der Waals surface area contributed by atoms with E-state index in [0.717, 1.165) is 16.6 Å². The van der Waals surface area contributed by atoms with Crippen molar-refractivity contribution in [2.24, 2.45) is 5.92 Å². The molecule has 0 saturated carbocycles. The molecule has 1 nitrogen and oxygen atoms in total. The van der Waals surface area contributed by atoms with Crippen molar-refractivity contribution < 1.29 is 4.79 Å². The number of halogens is 1. The van der Waals surface area contributed by atoms with Crippen molar-refractivity contribution in [2.75, 3.05) is 0 Å². The van der Waals surface area contributed by atoms with Crippen molar-refractivity contribution in [1.29, 1.82) is 0 Å². The molecule has 0 aliphatic rings. The van der Waals surface area contributed by atoms with Crippen LogP contribution in [0.3, 0.4) is 0 Å². The lowest BCUT2D eigenvalue weighted by atomic mass is 9.93. The Kier molecular flexibility index (Phi) is 6.29. The highest BCUT2D eigenvalue weighted by atomic mass is 79.9. The first-order valence-electron chi connectivity index (χ1n) is 5.94. The molecule has 1 heterocycles. The third-order valence-electron chi connectivity index (χ3n) is 2.83. The molecule has 0 aromatic carbocycles. The van der Waals surface area contributed by atoms with Crippen molar-refractivity contribution in [2.45, 2.75) is 46.0 Å². The van der Waals surface area contributed by atoms with Crippen molar-refractivity contribution in [3.05, 3.63) is 20.8 Å². The van der Waals surface area contributed by atoms with E-state index >= 15 is 0 Å². The molecule has 0 N–H and O–H groups in total. The second-order valence-electron chi connectivity index (χ2n) is 4.10. The molecule has 1 atom stereocenters. The second kappa shape index (κ2) is 7.23. The summed E-state index contributed by atoms with van der Waals surface area (Å²) in [6, 6.07) is 4.06. The van der Waals surface area contributed by atoms with Gasteiger partial charge in [-0.1, -0.05) is 26.7 Å². The van der Waals surface area contributed by atoms with Crippen molar-refractivity contribution in [1.82, 2.24) is 0 Å². The molecule has 0 aliphatic heterocycles. The van der Waals surface area contributed by atoms with E-state index in [1.807, 2.05) is 12.1 Å². The van der Waals surface area contributed by atoms with Gasteiger partial charge < -0.3 is 0 Å². The SMILES string of the molecule is CCCCC(CC)C(=O)Cc1ccc(Br)s1. The summed E-state index contributed by atoms with van der Waals surface area (Å²) < 4.78 is 1.11. The average Bonchev–Trinajstić information content (AvgIpc) is 2.65. The van der Waals surface area contributed by atoms with E-state index in [2.05, 4.69) is 29.8 Å². The molecule has 90 valence electrons. The van der Waals surface area contributed by atoms with Crippen LogP contribution in [0, 0.1) is 5.92 Å². The van der Waals surface area contributed by atoms with Crippen molar-refractivity contribution >= 4 is 33.0 Å². The van der Waals surface area contributed by atoms with Gasteiger partial charge in [0.1, 0.15) is 5.78 Å². The average molecular weight is 303 g/mol. The fraction of sp³-hybridized carbons (Fsp3) is 0.615. The monoisotopic (exact) mass is 302 g/mol. The maximum absolute atomic E-state index is 12.1. The van der Waals surface area contributed by atoms with Gasteiger partial charge in [0.25, 0.3) is 0 Å². The van der Waals surface area contributed by atoms with Crippen LogP contribution < -0.4 is 0 Å². The number of Topliss-reactive ketones (excluding diaryl/α,β-unsaturated/α-hetero) is 1. The first kappa shape index (κ1) is 13.9. The number of thiophene rings is 1. The third kappa shape index (κ3) is 4.38. The molecular weight excluding hydrogens is 284 g/mol. The summed E-state index contributed by atoms with van der Waals surface area (Å²) in [4.78, 5) is 13.2. The minimum atomic E-state index is 0.265. The minimum Gasteiger partial charge on any atom is -0.299 e. The molecular formula is C13H19BrOS. The highest BCUT2D eigenvalue weighted by Gasteiger charge is 2.16. The van der Waals surface area contributed by atoms with E-state index in [4.69, 9.17) is 0 Å². The molecule has 0 saturated heterocycles. The molecule has 3 heteroatoms. The molecule has 16 heavy (non-hydrogen) atoms. The Morgan fingerprint density at radius 1 is 1.44 bits per heavy atom. The zero-order valence-corrected chi connectivity index (χ0v) is 12.4. The number of unbranched alkanes of at least 4 members (excludes halogenated alkanes) is 1. The van der Waals surface area contributed by atoms with Crippen molar-refractivity contribution in [3.8, 4) is 0 Å². The fourth-order valence-corrected chi connectivity index (χ4v) is 3.30. The van der Waals surface area contributed by atoms with Crippen LogP contribution in [0.1, 0.15) is 44.4 Å². The van der Waals surface area contributed by atoms with E-state index < -0.39 is 0 Å². The van der Waals surface area contributed by atoms with Crippen molar-refractivity contribution in [3.63, 3.8) is 0 Å². The van der Waals surface area contributed by atoms with Crippen LogP contribution in [0.15, 0.2) is 15.9 Å². The Labute approximate surface area is 110 Å². The topological polar surface area (TPSA) is 17.1 Å². The number of ketones is 1. The lowest BCUT2D eigenvalue weighted by molar-refractivity contribution is -0.122. The molecule has 1 rings (SSSR count). The zero-order valence-electron chi connectivity index (χ0n) is 9.96. The summed E-state index contributed by atoms with van der Waals surface area (Å²) in [6.07, 6.45) is 4.98. The predicted octanol–water partition coefficient (Wildman–Crippen LogP) is 4.84. The summed E-state index contributed by atoms with van der Waals surface area (Å²) in [7, 11) is 0. The van der Waals surface area contributed by atoms with Crippen LogP contribution in [-0.4, -0.2) is 5.78 Å². The predicted molar refractivity (Wildman–Crippen MR) is 74.0 cm³/mol. The summed E-state index contributed by atoms with van der Waals surface area (Å²) in [5, 5.41) is 0. The van der Waals surface area contributed by atoms with Gasteiger partial charge in [-0.2, -0.15) is 0 Å². The van der Waals surface area contributed by atoms with Gasteiger partial charge in [-0.15, -0.1) is 11.3 Å². The number of rotatable bonds is 7. The summed E-state index contributed by atoms with van der Waals surface area (Å²) in [5.74, 6) is 0.672. The van der Waals surface area contributed by atoms with Gasteiger partial charge >= 0.3 is 0 Å². The maximum atomic E-state index is 12.1. The largest absolute Gasteiger partial charge is 0.299 e. The van der Waals surface area contributed by atoms with E-state index in [0.29, 0.717) is 12.2 Å². The minimum absolute atomic E-state index is 0.265. The highest BCUT2D eigenvalue weighted by molar-refractivity contribution is 9.11. The molecule has 1 aromatic rings. The fourth-order valence-electron chi connectivity index (χ4n) is 1.81. The number of carbonyl (C=O) groups excluding carboxylic acids is 1. The maximum Gasteiger partial charge on any atom is 0.141 e. The summed E-state index contributed by atoms with van der Waals surface area (Å²) in [5.41, 5.74) is 0. The number of hydrogen-bond acceptors (Lipinski definition) is 2. The number of hydrogen-bond donors (Lipinski definition) is 0. The molecule has 0 radical (unpaired) electrons. The Morgan fingerprint density at radius 3 is 2.69 bits per heavy atom. The van der Waals surface area contributed by atoms with E-state index in [9.17, 15) is 4.79 Å². The second-order valence-corrected chi connectivity index (χ2v) is 6.64. The molecule has 0 amide bonds. The molecule has 1 unspecified atom stereocenters. The zero-order chi connectivity index (χ0) is 12.0. The van der Waals surface area contributed by atoms with Gasteiger partial charge in [-0.25, -0.2) is 0 Å². The van der Waals surface area contributed by atoms with Crippen LogP contribution in [0.5, 0.6) is 0 Å². The van der Waals surface area contributed by atoms with Crippen LogP contribution in [0.2, 0.25) is 0 Å². The Balaban J connectivity index is 2.49. The van der Waals surface area contributed by atoms with Crippen LogP contribution in [0.25, 0.3) is 0 Å². The van der Waals surface area contributed by atoms with Crippen LogP contribution in [0.4, 0.5) is 0 Å². The summed E-state index contributed by atoms with van der Waals surface area (Å²) >= 11 is 5.09. The Hall–Kier alpha value is -0.150. The smallest absolute Gasteiger partial charge is 0.141 e. The molecule has 0 aliphatic carbocycles. The van der Waals surface area contributed by atoms with Gasteiger partial charge in [0.2, 0.25) is 0 Å². The highest BCUT2D eigenvalue weighted by Crippen LogP contribution is 2.24. The molecule has 0 fully saturated rings. The Bertz CT molecular complexity index is 332. The van der Waals surface area contributed by atoms with Gasteiger partial charge in [0, 0.05) is 17.2 Å². The van der Waals surface area contributed by atoms with Crippen LogP contribution in [-0.2, 0) is 11.2 Å². The quantitative estimate of drug-likeness (QED) is 0.704. The lowest BCUT2D eigenvalue weighted by Crippen LogP contribution is -2.15. The van der Waals surface area contributed by atoms with E-state index in [1.165, 1.54) is 17.7 Å². The number of carbonyl (C=O) groups is 1. The molecule has 1 aromatic heterocycles. The van der Waals surface area contributed by atoms with Gasteiger partial charge in [-0.05, 0) is 40.9 Å². The normalized spacial score (nSPS) is 12.7.